The van der Waals surface area contributed by atoms with Gasteiger partial charge in [-0.2, -0.15) is 0 Å². The molecule has 5 aliphatic heterocycles. The van der Waals surface area contributed by atoms with Crippen LogP contribution in [-0.2, 0) is 28.4 Å². The van der Waals surface area contributed by atoms with E-state index >= 15 is 0 Å². The fourth-order valence-corrected chi connectivity index (χ4v) is 12.4. The first kappa shape index (κ1) is 58.9. The number of nitrogens with two attached hydrogens (primary N) is 1. The average Bonchev–Trinajstić information content (AvgIpc) is 4.43. The Morgan fingerprint density at radius 1 is 0.683 bits per heavy atom. The molecule has 10 rings (SSSR count). The number of ether oxygens (including phenoxy) is 6. The van der Waals surface area contributed by atoms with E-state index < -0.39 is 178 Å². The van der Waals surface area contributed by atoms with Crippen LogP contribution in [0.2, 0.25) is 5.02 Å². The van der Waals surface area contributed by atoms with Gasteiger partial charge in [0.15, 0.2) is 6.29 Å². The van der Waals surface area contributed by atoms with E-state index in [4.69, 9.17) is 45.8 Å². The van der Waals surface area contributed by atoms with Crippen LogP contribution in [0, 0.1) is 9.49 Å². The fourth-order valence-electron chi connectivity index (χ4n) is 11.5. The van der Waals surface area contributed by atoms with Gasteiger partial charge in [-0.25, -0.2) is 24.0 Å². The zero-order valence-electron chi connectivity index (χ0n) is 41.9. The Balaban J connectivity index is 1.15. The van der Waals surface area contributed by atoms with Gasteiger partial charge in [0.2, 0.25) is 0 Å². The standard InChI is InChI=1S/C45H49BrClIN14O20/c46-16-12-60(42(74)53-36(16)68)25-4-2-22(78-25)39(71)81-35(31(66)21-1-3-26(77-21)61-13-17(47)37(69)54-43(61)75)45(34(67)32-19(49)10-27(79-32)58-7-5-23(63)51-40(58)72)15(9-29(82-45)62-14-18(48)38(70)55-44(62)76)30(65)33-20(56-57-50)11-28(80-33)59-8-6-24(64)52-41(59)73/h5-8,12-15,19-22,25-35,39,65-67,71H,1-4,9-11,49H2,(H,51,63,72)(H,52,64,73)(H,53,68,74)(H,54,69,75)(H,55,70,76)/t15-,19+,20+,21+,22+,25-,26-,27-,28-,29-,30?,31?,32+,33+,34?,35?,39?,45-/m1/s1. The third-order valence-corrected chi connectivity index (χ3v) is 16.9. The highest BCUT2D eigenvalue weighted by Gasteiger charge is 2.68. The molecule has 0 amide bonds. The van der Waals surface area contributed by atoms with Crippen LogP contribution in [0.25, 0.3) is 10.4 Å². The summed E-state index contributed by atoms with van der Waals surface area (Å²) < 4.78 is 43.3. The molecule has 10 heterocycles. The number of rotatable bonds is 16. The van der Waals surface area contributed by atoms with Crippen LogP contribution < -0.4 is 62.0 Å². The van der Waals surface area contributed by atoms with Crippen molar-refractivity contribution >= 4 is 50.1 Å². The van der Waals surface area contributed by atoms with Crippen molar-refractivity contribution in [1.82, 2.24) is 47.8 Å². The number of halogens is 3. The summed E-state index contributed by atoms with van der Waals surface area (Å²) in [6, 6.07) is -0.779. The van der Waals surface area contributed by atoms with Crippen molar-refractivity contribution in [3.05, 3.63) is 171 Å². The molecule has 82 heavy (non-hydrogen) atoms. The lowest BCUT2D eigenvalue weighted by molar-refractivity contribution is -0.313. The molecular weight excluding hydrogens is 1300 g/mol. The number of aliphatic hydroxyl groups is 4. The highest BCUT2D eigenvalue weighted by Crippen LogP contribution is 2.54. The minimum absolute atomic E-state index is 0.0162. The van der Waals surface area contributed by atoms with Crippen LogP contribution in [0.3, 0.4) is 0 Å². The molecule has 5 unspecified atom stereocenters. The minimum Gasteiger partial charge on any atom is -0.390 e. The molecule has 5 aliphatic rings. The maximum absolute atomic E-state index is 14.0. The molecule has 5 aromatic heterocycles. The number of hydrogen-bond donors (Lipinski definition) is 10. The van der Waals surface area contributed by atoms with Crippen LogP contribution in [0.5, 0.6) is 0 Å². The molecular formula is C45H49BrClIN14O20. The monoisotopic (exact) mass is 1350 g/mol. The van der Waals surface area contributed by atoms with E-state index in [1.54, 1.807) is 22.6 Å². The van der Waals surface area contributed by atoms with Crippen molar-refractivity contribution in [2.75, 3.05) is 0 Å². The maximum Gasteiger partial charge on any atom is 0.330 e. The molecule has 440 valence electrons. The number of nitrogens with one attached hydrogen (secondary N) is 5. The van der Waals surface area contributed by atoms with Crippen LogP contribution in [0.1, 0.15) is 76.1 Å². The van der Waals surface area contributed by atoms with Gasteiger partial charge in [-0.1, -0.05) is 16.7 Å². The Labute approximate surface area is 480 Å². The van der Waals surface area contributed by atoms with Crippen molar-refractivity contribution in [2.45, 2.75) is 149 Å². The summed E-state index contributed by atoms with van der Waals surface area (Å²) in [7, 11) is 0. The number of azide groups is 1. The van der Waals surface area contributed by atoms with E-state index in [0.29, 0.717) is 0 Å². The third kappa shape index (κ3) is 11.1. The number of aliphatic hydroxyl groups excluding tert-OH is 4. The second-order valence-electron chi connectivity index (χ2n) is 20.0. The van der Waals surface area contributed by atoms with Gasteiger partial charge < -0.3 is 54.6 Å². The molecule has 11 N–H and O–H groups in total. The predicted octanol–water partition coefficient (Wildman–Crippen LogP) is -3.25. The summed E-state index contributed by atoms with van der Waals surface area (Å²) in [5.74, 6) is -1.89. The number of aromatic nitrogens is 10. The molecule has 0 radical (unpaired) electrons. The molecule has 0 aromatic carbocycles. The highest BCUT2D eigenvalue weighted by molar-refractivity contribution is 14.1. The Hall–Kier alpha value is -6.23. The second kappa shape index (κ2) is 23.4. The lowest BCUT2D eigenvalue weighted by Gasteiger charge is -2.50. The predicted molar refractivity (Wildman–Crippen MR) is 286 cm³/mol. The van der Waals surface area contributed by atoms with Gasteiger partial charge in [0.25, 0.3) is 27.8 Å². The molecule has 18 atom stereocenters. The molecule has 5 fully saturated rings. The quantitative estimate of drug-likeness (QED) is 0.0153. The fraction of sp³-hybridized carbons (Fsp3) is 0.556. The summed E-state index contributed by atoms with van der Waals surface area (Å²) in [6.45, 7) is 0. The van der Waals surface area contributed by atoms with Crippen molar-refractivity contribution < 1.29 is 48.8 Å². The van der Waals surface area contributed by atoms with Gasteiger partial charge in [0.1, 0.15) is 72.3 Å². The molecule has 5 saturated heterocycles. The minimum atomic E-state index is -2.92. The van der Waals surface area contributed by atoms with Crippen LogP contribution in [0.4, 0.5) is 0 Å². The first-order valence-corrected chi connectivity index (χ1v) is 27.4. The number of hydrogen-bond acceptors (Lipinski definition) is 22. The van der Waals surface area contributed by atoms with E-state index in [2.05, 4.69) is 50.9 Å². The number of aromatic amines is 5. The smallest absolute Gasteiger partial charge is 0.330 e. The molecule has 0 saturated carbocycles. The van der Waals surface area contributed by atoms with Gasteiger partial charge in [-0.05, 0) is 69.7 Å². The SMILES string of the molecule is [N-]=[N+]=N[C@H]1C[C@H](n2ccc(=O)[nH]c2=O)O[C@@H]1C(O)[C@H]1C[C@H](n2cc(I)c(=O)[nH]c2=O)O[C@@]1(C(OC(O)[C@@H]1CC[C@H](n2cc(Br)c(=O)[nH]c2=O)O1)C(O)[C@@H]1CC[C@H](n2cc(Cl)c(=O)[nH]c2=O)O1)C(O)[C@H]1O[C@@H](n2ccc(=O)[nH]c2=O)C[C@@H]1N. The maximum atomic E-state index is 14.0. The topological polar surface area (TPSA) is 485 Å². The van der Waals surface area contributed by atoms with E-state index in [9.17, 15) is 73.9 Å². The second-order valence-corrected chi connectivity index (χ2v) is 22.5. The van der Waals surface area contributed by atoms with Crippen molar-refractivity contribution in [2.24, 2.45) is 16.8 Å². The van der Waals surface area contributed by atoms with Crippen molar-refractivity contribution in [1.29, 1.82) is 0 Å². The Morgan fingerprint density at radius 3 is 1.84 bits per heavy atom. The first-order valence-electron chi connectivity index (χ1n) is 25.1. The van der Waals surface area contributed by atoms with Crippen LogP contribution in [-0.4, -0.2) is 141 Å². The molecule has 0 bridgehead atoms. The van der Waals surface area contributed by atoms with Gasteiger partial charge in [0, 0.05) is 79.3 Å². The van der Waals surface area contributed by atoms with Crippen molar-refractivity contribution in [3.8, 4) is 0 Å². The van der Waals surface area contributed by atoms with Crippen LogP contribution >= 0.6 is 50.1 Å². The largest absolute Gasteiger partial charge is 0.390 e. The lowest BCUT2D eigenvalue weighted by Crippen LogP contribution is -2.70. The van der Waals surface area contributed by atoms with E-state index in [-0.39, 0.29) is 46.6 Å². The molecule has 0 spiro atoms. The summed E-state index contributed by atoms with van der Waals surface area (Å²) >= 11 is 10.8. The summed E-state index contributed by atoms with van der Waals surface area (Å²) in [6.07, 6.45) is -21.4. The third-order valence-electron chi connectivity index (χ3n) is 15.3. The Morgan fingerprint density at radius 2 is 1.22 bits per heavy atom. The van der Waals surface area contributed by atoms with Crippen LogP contribution in [0.15, 0.2) is 101 Å². The molecule has 0 aliphatic carbocycles. The lowest BCUT2D eigenvalue weighted by atomic mass is 9.69. The summed E-state index contributed by atoms with van der Waals surface area (Å²) in [4.78, 5) is 142. The van der Waals surface area contributed by atoms with Gasteiger partial charge in [-0.3, -0.25) is 71.7 Å². The van der Waals surface area contributed by atoms with Gasteiger partial charge >= 0.3 is 28.4 Å². The van der Waals surface area contributed by atoms with Crippen molar-refractivity contribution in [3.63, 3.8) is 0 Å². The van der Waals surface area contributed by atoms with Gasteiger partial charge in [0.05, 0.1) is 32.4 Å². The van der Waals surface area contributed by atoms with E-state index in [0.717, 1.165) is 66.0 Å². The summed E-state index contributed by atoms with van der Waals surface area (Å²) in [5, 5.41) is 55.9. The number of nitrogens with zero attached hydrogens (tertiary/aromatic N) is 8. The first-order chi connectivity index (χ1) is 39.0. The average molecular weight is 1350 g/mol. The zero-order valence-corrected chi connectivity index (χ0v) is 46.4. The molecule has 5 aromatic rings. The molecule has 34 nitrogen and oxygen atoms in total. The van der Waals surface area contributed by atoms with E-state index in [1.807, 2.05) is 0 Å². The van der Waals surface area contributed by atoms with Gasteiger partial charge in [-0.15, -0.1) is 0 Å². The zero-order chi connectivity index (χ0) is 58.8. The Bertz CT molecular complexity index is 3950. The number of H-pyrrole nitrogens is 5. The normalized spacial score (nSPS) is 30.9. The summed E-state index contributed by atoms with van der Waals surface area (Å²) in [5.41, 5.74) is 4.80. The highest BCUT2D eigenvalue weighted by atomic mass is 127. The molecule has 37 heteroatoms. The Kier molecular flexibility index (Phi) is 16.8. The van der Waals surface area contributed by atoms with E-state index in [1.165, 1.54) is 0 Å².